The molecule has 1 rings (SSSR count). The maximum Gasteiger partial charge on any atom is 0.137 e. The summed E-state index contributed by atoms with van der Waals surface area (Å²) in [4.78, 5) is 0. The molecule has 2 nitrogen and oxygen atoms in total. The van der Waals surface area contributed by atoms with Gasteiger partial charge in [0, 0.05) is 12.0 Å². The highest BCUT2D eigenvalue weighted by Gasteiger charge is 2.20. The molecule has 1 aromatic carbocycles. The molecule has 1 N–H and O–H groups in total. The van der Waals surface area contributed by atoms with Crippen LogP contribution in [0.4, 0.5) is 0 Å². The third-order valence-corrected chi connectivity index (χ3v) is 3.29. The maximum atomic E-state index is 6.11. The molecule has 0 fully saturated rings. The number of hydrogen-bond acceptors (Lipinski definition) is 2. The standard InChI is InChI=1S/C12H17BrClNO/c1-12(2,7-15-8-13)9-4-5-11(16-3)10(14)6-9/h4-6,15H,7-8H2,1-3H3. The Hall–Kier alpha value is -0.250. The predicted octanol–water partition coefficient (Wildman–Crippen LogP) is 3.57. The first kappa shape index (κ1) is 13.8. The van der Waals surface area contributed by atoms with E-state index in [0.29, 0.717) is 5.02 Å². The molecule has 0 amide bonds. The predicted molar refractivity (Wildman–Crippen MR) is 72.8 cm³/mol. The van der Waals surface area contributed by atoms with Crippen molar-refractivity contribution in [1.29, 1.82) is 0 Å². The van der Waals surface area contributed by atoms with Crippen molar-refractivity contribution in [1.82, 2.24) is 5.32 Å². The molecule has 0 aliphatic carbocycles. The van der Waals surface area contributed by atoms with E-state index in [2.05, 4.69) is 41.2 Å². The number of rotatable bonds is 5. The second-order valence-corrected chi connectivity index (χ2v) is 5.26. The minimum atomic E-state index is 0.0453. The molecule has 0 unspecified atom stereocenters. The minimum absolute atomic E-state index is 0.0453. The van der Waals surface area contributed by atoms with Gasteiger partial charge in [-0.25, -0.2) is 0 Å². The van der Waals surface area contributed by atoms with Crippen molar-refractivity contribution in [3.05, 3.63) is 28.8 Å². The van der Waals surface area contributed by atoms with Crippen LogP contribution in [0.25, 0.3) is 0 Å². The summed E-state index contributed by atoms with van der Waals surface area (Å²) in [6, 6.07) is 5.93. The van der Waals surface area contributed by atoms with Crippen molar-refractivity contribution < 1.29 is 4.74 Å². The first-order valence-electron chi connectivity index (χ1n) is 5.12. The first-order chi connectivity index (χ1) is 7.51. The molecule has 1 aromatic rings. The second-order valence-electron chi connectivity index (χ2n) is 4.29. The molecule has 0 aliphatic heterocycles. The number of halogens is 2. The van der Waals surface area contributed by atoms with E-state index in [1.54, 1.807) is 7.11 Å². The van der Waals surface area contributed by atoms with Gasteiger partial charge in [-0.1, -0.05) is 47.4 Å². The number of hydrogen-bond donors (Lipinski definition) is 1. The Labute approximate surface area is 110 Å². The lowest BCUT2D eigenvalue weighted by atomic mass is 9.84. The van der Waals surface area contributed by atoms with E-state index in [-0.39, 0.29) is 5.41 Å². The van der Waals surface area contributed by atoms with Crippen molar-refractivity contribution in [2.75, 3.05) is 19.1 Å². The van der Waals surface area contributed by atoms with E-state index in [0.717, 1.165) is 17.7 Å². The monoisotopic (exact) mass is 305 g/mol. The van der Waals surface area contributed by atoms with E-state index in [1.807, 2.05) is 12.1 Å². The smallest absolute Gasteiger partial charge is 0.137 e. The van der Waals surface area contributed by atoms with Crippen LogP contribution in [0.3, 0.4) is 0 Å². The molecule has 0 aliphatic rings. The largest absolute Gasteiger partial charge is 0.495 e. The highest BCUT2D eigenvalue weighted by molar-refractivity contribution is 9.09. The molecule has 0 saturated carbocycles. The van der Waals surface area contributed by atoms with Crippen LogP contribution in [-0.2, 0) is 5.41 Å². The molecule has 0 atom stereocenters. The van der Waals surface area contributed by atoms with Crippen LogP contribution in [0.1, 0.15) is 19.4 Å². The maximum absolute atomic E-state index is 6.11. The average Bonchev–Trinajstić information content (AvgIpc) is 2.26. The molecule has 0 bridgehead atoms. The fourth-order valence-electron chi connectivity index (χ4n) is 1.55. The van der Waals surface area contributed by atoms with Gasteiger partial charge in [-0.15, -0.1) is 0 Å². The quantitative estimate of drug-likeness (QED) is 0.663. The van der Waals surface area contributed by atoms with E-state index in [4.69, 9.17) is 16.3 Å². The number of nitrogens with one attached hydrogen (secondary N) is 1. The van der Waals surface area contributed by atoms with Crippen molar-refractivity contribution in [3.63, 3.8) is 0 Å². The molecule has 16 heavy (non-hydrogen) atoms. The van der Waals surface area contributed by atoms with Gasteiger partial charge in [0.1, 0.15) is 5.75 Å². The molecule has 0 heterocycles. The number of methoxy groups -OCH3 is 1. The van der Waals surface area contributed by atoms with Crippen LogP contribution in [0.15, 0.2) is 18.2 Å². The summed E-state index contributed by atoms with van der Waals surface area (Å²) in [6.07, 6.45) is 0. The Morgan fingerprint density at radius 3 is 2.62 bits per heavy atom. The molecule has 4 heteroatoms. The van der Waals surface area contributed by atoms with E-state index < -0.39 is 0 Å². The van der Waals surface area contributed by atoms with Gasteiger partial charge in [-0.2, -0.15) is 0 Å². The second kappa shape index (κ2) is 5.89. The van der Waals surface area contributed by atoms with Gasteiger partial charge < -0.3 is 10.1 Å². The fourth-order valence-corrected chi connectivity index (χ4v) is 2.01. The van der Waals surface area contributed by atoms with Gasteiger partial charge in [-0.3, -0.25) is 0 Å². The zero-order valence-electron chi connectivity index (χ0n) is 9.81. The molecular formula is C12H17BrClNO. The highest BCUT2D eigenvalue weighted by atomic mass is 79.9. The summed E-state index contributed by atoms with van der Waals surface area (Å²) in [5, 5.41) is 3.94. The van der Waals surface area contributed by atoms with Crippen molar-refractivity contribution >= 4 is 27.5 Å². The van der Waals surface area contributed by atoms with Gasteiger partial charge in [0.15, 0.2) is 0 Å². The Morgan fingerprint density at radius 2 is 2.12 bits per heavy atom. The van der Waals surface area contributed by atoms with Crippen LogP contribution in [0.5, 0.6) is 5.75 Å². The SMILES string of the molecule is COc1ccc(C(C)(C)CNCBr)cc1Cl. The molecule has 0 radical (unpaired) electrons. The Balaban J connectivity index is 2.91. The van der Waals surface area contributed by atoms with E-state index >= 15 is 0 Å². The lowest BCUT2D eigenvalue weighted by Gasteiger charge is -2.25. The lowest BCUT2D eigenvalue weighted by molar-refractivity contribution is 0.414. The summed E-state index contributed by atoms with van der Waals surface area (Å²) >= 11 is 9.47. The summed E-state index contributed by atoms with van der Waals surface area (Å²) in [6.45, 7) is 5.25. The van der Waals surface area contributed by atoms with Crippen LogP contribution < -0.4 is 10.1 Å². The van der Waals surface area contributed by atoms with Crippen LogP contribution in [-0.4, -0.2) is 19.1 Å². The van der Waals surface area contributed by atoms with Crippen molar-refractivity contribution in [2.45, 2.75) is 19.3 Å². The van der Waals surface area contributed by atoms with Gasteiger partial charge in [-0.05, 0) is 17.7 Å². The number of alkyl halides is 1. The van der Waals surface area contributed by atoms with Crippen molar-refractivity contribution in [2.24, 2.45) is 0 Å². The summed E-state index contributed by atoms with van der Waals surface area (Å²) in [5.74, 6) is 0.717. The number of benzene rings is 1. The third kappa shape index (κ3) is 3.37. The molecule has 0 aromatic heterocycles. The molecular weight excluding hydrogens is 289 g/mol. The third-order valence-electron chi connectivity index (χ3n) is 2.59. The average molecular weight is 307 g/mol. The molecule has 0 saturated heterocycles. The van der Waals surface area contributed by atoms with Gasteiger partial charge in [0.05, 0.1) is 17.6 Å². The molecule has 0 spiro atoms. The first-order valence-corrected chi connectivity index (χ1v) is 6.62. The van der Waals surface area contributed by atoms with Crippen LogP contribution >= 0.6 is 27.5 Å². The normalized spacial score (nSPS) is 11.6. The van der Waals surface area contributed by atoms with E-state index in [9.17, 15) is 0 Å². The molecule has 90 valence electrons. The van der Waals surface area contributed by atoms with Gasteiger partial charge in [0.2, 0.25) is 0 Å². The van der Waals surface area contributed by atoms with Gasteiger partial charge >= 0.3 is 0 Å². The van der Waals surface area contributed by atoms with Gasteiger partial charge in [0.25, 0.3) is 0 Å². The zero-order valence-corrected chi connectivity index (χ0v) is 12.2. The van der Waals surface area contributed by atoms with Crippen LogP contribution in [0, 0.1) is 0 Å². The summed E-state index contributed by atoms with van der Waals surface area (Å²) in [5.41, 5.74) is 2.04. The topological polar surface area (TPSA) is 21.3 Å². The zero-order chi connectivity index (χ0) is 12.2. The summed E-state index contributed by atoms with van der Waals surface area (Å²) in [7, 11) is 1.62. The Bertz CT molecular complexity index is 355. The Morgan fingerprint density at radius 1 is 1.44 bits per heavy atom. The fraction of sp³-hybridized carbons (Fsp3) is 0.500. The number of ether oxygens (including phenoxy) is 1. The van der Waals surface area contributed by atoms with E-state index in [1.165, 1.54) is 5.56 Å². The van der Waals surface area contributed by atoms with Crippen LogP contribution in [0.2, 0.25) is 5.02 Å². The minimum Gasteiger partial charge on any atom is -0.495 e. The lowest BCUT2D eigenvalue weighted by Crippen LogP contribution is -2.32. The van der Waals surface area contributed by atoms with Crippen molar-refractivity contribution in [3.8, 4) is 5.75 Å². The summed E-state index contributed by atoms with van der Waals surface area (Å²) < 4.78 is 5.14. The highest BCUT2D eigenvalue weighted by Crippen LogP contribution is 2.30. The Kier molecular flexibility index (Phi) is 5.09.